The van der Waals surface area contributed by atoms with Crippen LogP contribution < -0.4 is 15.4 Å². The Labute approximate surface area is 340 Å². The van der Waals surface area contributed by atoms with Gasteiger partial charge in [0.1, 0.15) is 71.8 Å². The van der Waals surface area contributed by atoms with E-state index in [1.54, 1.807) is 6.92 Å². The Morgan fingerprint density at radius 2 is 1.48 bits per heavy atom. The van der Waals surface area contributed by atoms with Gasteiger partial charge in [-0.2, -0.15) is 0 Å². The van der Waals surface area contributed by atoms with Gasteiger partial charge in [0.2, 0.25) is 0 Å². The second kappa shape index (κ2) is 16.0. The molecule has 2 aliphatic heterocycles. The minimum absolute atomic E-state index is 0.0161. The summed E-state index contributed by atoms with van der Waals surface area (Å²) in [6.45, 7) is 3.76. The van der Waals surface area contributed by atoms with Gasteiger partial charge in [-0.05, 0) is 56.6 Å². The number of phenols is 3. The van der Waals surface area contributed by atoms with Gasteiger partial charge < -0.3 is 80.3 Å². The topological polar surface area (TPSA) is 321 Å². The summed E-state index contributed by atoms with van der Waals surface area (Å²) in [5.74, 6) is -6.63. The van der Waals surface area contributed by atoms with E-state index in [0.717, 1.165) is 12.1 Å². The number of carboxylic acids is 1. The van der Waals surface area contributed by atoms with Gasteiger partial charge in [0, 0.05) is 28.3 Å². The van der Waals surface area contributed by atoms with Crippen molar-refractivity contribution in [3.63, 3.8) is 0 Å². The standard InChI is InChI=1S/C40H44N2O18/c1-11-6-18-24(31(49)21(11)37(53)42-12(2)38(54)55)23-16(9-17-25(32(23)50)28(46)15-7-14(56-5)8-19(43)22(15)27(17)45)29(47)35(18)59-40-34(52)36(26(41-4)13(3)58-40)60-39-33(51)30(48)20(44)10-57-39/h6-9,12-13,20,26,29-30,33-36,39-41,43-44,47-52H,10H2,1-5H3,(H,42,53)(H,54,55)/t12?,13?,20?,26?,29-,30?,33?,34?,35-,36?,39?,40?/m0/s1. The number of aryl methyl sites for hydroxylation is 1. The van der Waals surface area contributed by atoms with Crippen LogP contribution in [-0.2, 0) is 23.7 Å². The quantitative estimate of drug-likeness (QED) is 0.100. The van der Waals surface area contributed by atoms with Gasteiger partial charge in [-0.1, -0.05) is 6.07 Å². The van der Waals surface area contributed by atoms with E-state index in [2.05, 4.69) is 10.6 Å². The SMILES string of the molecule is CNC1C(C)OC(O[C@H]2c3cc(C)c(C(=O)NC(C)C(=O)O)c(O)c3-c3c(cc4c(c3O)C(=O)c3cc(OC)cc(O)c3C4=O)[C@@H]2O)C(O)C1OC1OCC(O)C(O)C1O. The first-order valence-electron chi connectivity index (χ1n) is 18.8. The third-order valence-electron chi connectivity index (χ3n) is 11.4. The van der Waals surface area contributed by atoms with E-state index < -0.39 is 149 Å². The van der Waals surface area contributed by atoms with Gasteiger partial charge in [0.25, 0.3) is 5.91 Å². The number of aliphatic carboxylic acids is 1. The summed E-state index contributed by atoms with van der Waals surface area (Å²) in [7, 11) is 2.80. The van der Waals surface area contributed by atoms with E-state index in [1.807, 2.05) is 0 Å². The molecule has 0 saturated carbocycles. The third-order valence-corrected chi connectivity index (χ3v) is 11.4. The van der Waals surface area contributed by atoms with Crippen LogP contribution in [-0.4, -0.2) is 151 Å². The number of rotatable bonds is 9. The minimum Gasteiger partial charge on any atom is -0.507 e. The van der Waals surface area contributed by atoms with Crippen molar-refractivity contribution in [2.24, 2.45) is 0 Å². The number of phenolic OH excluding ortho intramolecular Hbond substituents is 3. The van der Waals surface area contributed by atoms with Gasteiger partial charge in [0.05, 0.1) is 42.6 Å². The highest BCUT2D eigenvalue weighted by Crippen LogP contribution is 2.57. The Morgan fingerprint density at radius 3 is 2.13 bits per heavy atom. The highest BCUT2D eigenvalue weighted by atomic mass is 16.7. The predicted octanol–water partition coefficient (Wildman–Crippen LogP) is -0.612. The second-order valence-electron chi connectivity index (χ2n) is 15.1. The van der Waals surface area contributed by atoms with Crippen LogP contribution in [0, 0.1) is 6.92 Å². The number of aliphatic hydroxyl groups excluding tert-OH is 5. The maximum atomic E-state index is 14.1. The Bertz CT molecular complexity index is 2280. The molecule has 11 N–H and O–H groups in total. The number of ketones is 2. The molecule has 0 aromatic heterocycles. The molecule has 3 aromatic rings. The van der Waals surface area contributed by atoms with E-state index >= 15 is 0 Å². The van der Waals surface area contributed by atoms with Crippen molar-refractivity contribution in [1.29, 1.82) is 0 Å². The number of likely N-dealkylation sites (N-methyl/N-ethyl adjacent to an activating group) is 1. The molecule has 60 heavy (non-hydrogen) atoms. The van der Waals surface area contributed by atoms with E-state index in [1.165, 1.54) is 40.1 Å². The first kappa shape index (κ1) is 42.8. The third kappa shape index (κ3) is 6.83. The van der Waals surface area contributed by atoms with Crippen LogP contribution in [0.2, 0.25) is 0 Å². The average molecular weight is 841 g/mol. The van der Waals surface area contributed by atoms with Gasteiger partial charge in [0.15, 0.2) is 24.1 Å². The maximum Gasteiger partial charge on any atom is 0.325 e. The fourth-order valence-electron chi connectivity index (χ4n) is 8.30. The number of carbonyl (C=O) groups excluding carboxylic acids is 3. The van der Waals surface area contributed by atoms with Crippen LogP contribution >= 0.6 is 0 Å². The molecule has 2 heterocycles. The van der Waals surface area contributed by atoms with Crippen molar-refractivity contribution >= 4 is 23.4 Å². The number of amides is 1. The first-order valence-corrected chi connectivity index (χ1v) is 18.8. The summed E-state index contributed by atoms with van der Waals surface area (Å²) in [6, 6.07) is 2.44. The van der Waals surface area contributed by atoms with E-state index in [0.29, 0.717) is 0 Å². The van der Waals surface area contributed by atoms with Crippen molar-refractivity contribution in [3.05, 3.63) is 68.8 Å². The van der Waals surface area contributed by atoms with Crippen molar-refractivity contribution in [2.75, 3.05) is 20.8 Å². The van der Waals surface area contributed by atoms with Crippen molar-refractivity contribution in [1.82, 2.24) is 10.6 Å². The number of benzene rings is 3. The smallest absolute Gasteiger partial charge is 0.325 e. The number of carbonyl (C=O) groups is 4. The summed E-state index contributed by atoms with van der Waals surface area (Å²) >= 11 is 0. The lowest BCUT2D eigenvalue weighted by atomic mass is 9.74. The fraction of sp³-hybridized carbons (Fsp3) is 0.450. The Balaban J connectivity index is 1.37. The maximum absolute atomic E-state index is 14.1. The highest BCUT2D eigenvalue weighted by molar-refractivity contribution is 6.31. The number of hydrogen-bond acceptors (Lipinski definition) is 18. The molecule has 20 nitrogen and oxygen atoms in total. The lowest BCUT2D eigenvalue weighted by Gasteiger charge is -2.47. The molecule has 10 unspecified atom stereocenters. The van der Waals surface area contributed by atoms with Crippen LogP contribution in [0.15, 0.2) is 24.3 Å². The second-order valence-corrected chi connectivity index (χ2v) is 15.1. The van der Waals surface area contributed by atoms with E-state index in [4.69, 9.17) is 23.7 Å². The molecule has 2 fully saturated rings. The first-order chi connectivity index (χ1) is 28.3. The molecule has 4 aliphatic rings. The molecule has 12 atom stereocenters. The number of hydrogen-bond donors (Lipinski definition) is 11. The molecular weight excluding hydrogens is 796 g/mol. The molecule has 3 aromatic carbocycles. The molecule has 1 amide bonds. The van der Waals surface area contributed by atoms with Gasteiger partial charge in [-0.15, -0.1) is 0 Å². The number of aliphatic hydroxyl groups is 5. The van der Waals surface area contributed by atoms with Gasteiger partial charge >= 0.3 is 5.97 Å². The largest absolute Gasteiger partial charge is 0.507 e. The molecule has 20 heteroatoms. The number of carboxylic acid groups (broad SMARTS) is 1. The summed E-state index contributed by atoms with van der Waals surface area (Å²) in [5, 5.41) is 104. The van der Waals surface area contributed by atoms with Crippen molar-refractivity contribution in [2.45, 2.75) is 94.3 Å². The Kier molecular flexibility index (Phi) is 11.4. The highest BCUT2D eigenvalue weighted by Gasteiger charge is 2.51. The summed E-state index contributed by atoms with van der Waals surface area (Å²) < 4.78 is 28.9. The number of ether oxygens (including phenoxy) is 5. The molecule has 0 spiro atoms. The lowest BCUT2D eigenvalue weighted by Crippen LogP contribution is -2.65. The minimum atomic E-state index is -1.89. The van der Waals surface area contributed by atoms with Crippen LogP contribution in [0.4, 0.5) is 0 Å². The zero-order valence-corrected chi connectivity index (χ0v) is 32.6. The molecule has 2 saturated heterocycles. The summed E-state index contributed by atoms with van der Waals surface area (Å²) in [5.41, 5.74) is -3.36. The molecule has 322 valence electrons. The number of aromatic hydroxyl groups is 3. The molecule has 2 aliphatic carbocycles. The number of fused-ring (bicyclic) bond motifs is 5. The number of methoxy groups -OCH3 is 1. The number of nitrogens with one attached hydrogen (secondary N) is 2. The molecule has 0 bridgehead atoms. The van der Waals surface area contributed by atoms with Crippen LogP contribution in [0.5, 0.6) is 23.0 Å². The van der Waals surface area contributed by atoms with Crippen LogP contribution in [0.1, 0.15) is 84.9 Å². The fourth-order valence-corrected chi connectivity index (χ4v) is 8.30. The zero-order valence-electron chi connectivity index (χ0n) is 32.6. The molecule has 0 radical (unpaired) electrons. The van der Waals surface area contributed by atoms with Crippen molar-refractivity contribution < 1.29 is 88.8 Å². The average Bonchev–Trinajstić information content (AvgIpc) is 3.19. The molecular formula is C40H44N2O18. The van der Waals surface area contributed by atoms with E-state index in [-0.39, 0.29) is 33.6 Å². The molecule has 7 rings (SSSR count). The summed E-state index contributed by atoms with van der Waals surface area (Å²) in [4.78, 5) is 53.3. The monoisotopic (exact) mass is 840 g/mol. The van der Waals surface area contributed by atoms with Gasteiger partial charge in [-0.25, -0.2) is 0 Å². The Morgan fingerprint density at radius 1 is 0.833 bits per heavy atom. The van der Waals surface area contributed by atoms with E-state index in [9.17, 15) is 65.1 Å². The van der Waals surface area contributed by atoms with Crippen molar-refractivity contribution in [3.8, 4) is 34.1 Å². The van der Waals surface area contributed by atoms with Gasteiger partial charge in [-0.3, -0.25) is 19.2 Å². The summed E-state index contributed by atoms with van der Waals surface area (Å²) in [6.07, 6.45) is -15.5. The lowest BCUT2D eigenvalue weighted by molar-refractivity contribution is -0.339. The van der Waals surface area contributed by atoms with Crippen LogP contribution in [0.3, 0.4) is 0 Å². The zero-order chi connectivity index (χ0) is 43.8. The van der Waals surface area contributed by atoms with Crippen LogP contribution in [0.25, 0.3) is 11.1 Å². The Hall–Kier alpha value is -5.26. The predicted molar refractivity (Wildman–Crippen MR) is 201 cm³/mol. The normalized spacial score (nSPS) is 30.1.